The van der Waals surface area contributed by atoms with Crippen molar-refractivity contribution in [1.82, 2.24) is 4.57 Å². The van der Waals surface area contributed by atoms with Gasteiger partial charge in [0.15, 0.2) is 0 Å². The van der Waals surface area contributed by atoms with Gasteiger partial charge in [-0.05, 0) is 25.7 Å². The molecule has 0 N–H and O–H groups in total. The summed E-state index contributed by atoms with van der Waals surface area (Å²) < 4.78 is 4.88. The van der Waals surface area contributed by atoms with Crippen LogP contribution < -0.4 is 4.57 Å². The number of rotatable bonds is 8. The first-order valence-electron chi connectivity index (χ1n) is 6.90. The van der Waals surface area contributed by atoms with Gasteiger partial charge in [0.1, 0.15) is 12.4 Å². The molecule has 2 nitrogen and oxygen atoms in total. The molecule has 0 spiro atoms. The Morgan fingerprint density at radius 1 is 1.06 bits per heavy atom. The van der Waals surface area contributed by atoms with Gasteiger partial charge >= 0.3 is 0 Å². The number of unbranched alkanes of at least 4 members (excludes halogenated alkanes) is 2. The minimum absolute atomic E-state index is 1.16. The van der Waals surface area contributed by atoms with E-state index in [1.54, 1.807) is 0 Å². The molecule has 0 radical (unpaired) electrons. The van der Waals surface area contributed by atoms with Crippen molar-refractivity contribution < 1.29 is 4.57 Å². The standard InChI is InChI=1S/C14H27N2/c1-4-7-8-11-16-13-12-15(10-6-3)14(16)9-5-2/h12-13H,4-11H2,1-3H3/q+1. The van der Waals surface area contributed by atoms with E-state index in [4.69, 9.17) is 0 Å². The van der Waals surface area contributed by atoms with E-state index >= 15 is 0 Å². The fourth-order valence-corrected chi connectivity index (χ4v) is 2.19. The number of imidazole rings is 1. The molecule has 2 heteroatoms. The molecule has 0 aliphatic carbocycles. The molecular formula is C14H27N2+. The number of hydrogen-bond acceptors (Lipinski definition) is 0. The van der Waals surface area contributed by atoms with Crippen LogP contribution in [0.15, 0.2) is 12.4 Å². The van der Waals surface area contributed by atoms with Crippen molar-refractivity contribution in [2.45, 2.75) is 72.4 Å². The Balaban J connectivity index is 2.66. The highest BCUT2D eigenvalue weighted by atomic mass is 15.1. The molecule has 0 saturated carbocycles. The Bertz CT molecular complexity index is 289. The van der Waals surface area contributed by atoms with Crippen LogP contribution in [0.1, 0.15) is 58.7 Å². The van der Waals surface area contributed by atoms with Crippen LogP contribution in [0.2, 0.25) is 0 Å². The third-order valence-electron chi connectivity index (χ3n) is 3.03. The molecule has 1 aromatic heterocycles. The highest BCUT2D eigenvalue weighted by Gasteiger charge is 2.14. The molecule has 92 valence electrons. The molecule has 1 heterocycles. The zero-order valence-corrected chi connectivity index (χ0v) is 11.2. The molecule has 0 atom stereocenters. The lowest BCUT2D eigenvalue weighted by atomic mass is 10.2. The maximum Gasteiger partial charge on any atom is 0.256 e. The normalized spacial score (nSPS) is 10.9. The molecule has 0 aromatic carbocycles. The summed E-state index contributed by atoms with van der Waals surface area (Å²) in [5.41, 5.74) is 0. The van der Waals surface area contributed by atoms with Crippen LogP contribution in [0.25, 0.3) is 0 Å². The summed E-state index contributed by atoms with van der Waals surface area (Å²) in [6.07, 6.45) is 12.1. The zero-order chi connectivity index (χ0) is 11.8. The van der Waals surface area contributed by atoms with Gasteiger partial charge in [-0.3, -0.25) is 0 Å². The van der Waals surface area contributed by atoms with Crippen LogP contribution >= 0.6 is 0 Å². The van der Waals surface area contributed by atoms with Gasteiger partial charge in [0.2, 0.25) is 0 Å². The maximum absolute atomic E-state index is 2.45. The average molecular weight is 223 g/mol. The fraction of sp³-hybridized carbons (Fsp3) is 0.786. The largest absolute Gasteiger partial charge is 0.256 e. The van der Waals surface area contributed by atoms with Crippen molar-refractivity contribution in [2.75, 3.05) is 0 Å². The van der Waals surface area contributed by atoms with Gasteiger partial charge < -0.3 is 0 Å². The Kier molecular flexibility index (Phi) is 6.20. The van der Waals surface area contributed by atoms with Crippen LogP contribution in [-0.2, 0) is 19.5 Å². The number of aromatic nitrogens is 2. The first kappa shape index (κ1) is 13.3. The van der Waals surface area contributed by atoms with Crippen LogP contribution in [-0.4, -0.2) is 4.57 Å². The summed E-state index contributed by atoms with van der Waals surface area (Å²) in [4.78, 5) is 0. The molecule has 1 rings (SSSR count). The smallest absolute Gasteiger partial charge is 0.234 e. The van der Waals surface area contributed by atoms with E-state index in [0.29, 0.717) is 0 Å². The summed E-state index contributed by atoms with van der Waals surface area (Å²) in [5, 5.41) is 0. The molecule has 0 amide bonds. The monoisotopic (exact) mass is 223 g/mol. The van der Waals surface area contributed by atoms with Crippen molar-refractivity contribution in [3.63, 3.8) is 0 Å². The lowest BCUT2D eigenvalue weighted by molar-refractivity contribution is -0.703. The first-order chi connectivity index (χ1) is 7.83. The van der Waals surface area contributed by atoms with Gasteiger partial charge in [-0.25, -0.2) is 9.13 Å². The zero-order valence-electron chi connectivity index (χ0n) is 11.2. The summed E-state index contributed by atoms with van der Waals surface area (Å²) >= 11 is 0. The molecule has 0 unspecified atom stereocenters. The predicted octanol–water partition coefficient (Wildman–Crippen LogP) is 3.33. The van der Waals surface area contributed by atoms with Gasteiger partial charge in [-0.15, -0.1) is 0 Å². The van der Waals surface area contributed by atoms with Crippen LogP contribution in [0.5, 0.6) is 0 Å². The molecule has 1 aromatic rings. The Morgan fingerprint density at radius 3 is 2.50 bits per heavy atom. The molecule has 0 saturated heterocycles. The summed E-state index contributed by atoms with van der Waals surface area (Å²) in [6.45, 7) is 9.13. The lowest BCUT2D eigenvalue weighted by Crippen LogP contribution is -2.37. The first-order valence-corrected chi connectivity index (χ1v) is 6.90. The van der Waals surface area contributed by atoms with Gasteiger partial charge in [-0.1, -0.05) is 27.2 Å². The quantitative estimate of drug-likeness (QED) is 0.472. The third-order valence-corrected chi connectivity index (χ3v) is 3.03. The molecule has 0 bridgehead atoms. The Hall–Kier alpha value is -0.790. The second-order valence-corrected chi connectivity index (χ2v) is 4.56. The molecule has 0 aliphatic heterocycles. The average Bonchev–Trinajstić information content (AvgIpc) is 2.64. The van der Waals surface area contributed by atoms with Gasteiger partial charge in [0, 0.05) is 6.42 Å². The van der Waals surface area contributed by atoms with Crippen LogP contribution in [0.3, 0.4) is 0 Å². The lowest BCUT2D eigenvalue weighted by Gasteiger charge is -2.03. The topological polar surface area (TPSA) is 8.81 Å². The summed E-state index contributed by atoms with van der Waals surface area (Å²) in [5.74, 6) is 1.51. The van der Waals surface area contributed by atoms with Gasteiger partial charge in [0.05, 0.1) is 13.1 Å². The number of hydrogen-bond donors (Lipinski definition) is 0. The van der Waals surface area contributed by atoms with E-state index < -0.39 is 0 Å². The highest BCUT2D eigenvalue weighted by molar-refractivity contribution is 4.83. The summed E-state index contributed by atoms with van der Waals surface area (Å²) in [7, 11) is 0. The molecule has 16 heavy (non-hydrogen) atoms. The molecule has 0 aliphatic rings. The number of nitrogens with zero attached hydrogens (tertiary/aromatic N) is 2. The SMILES string of the molecule is CCCCCn1cc[n+](CCC)c1CCC. The van der Waals surface area contributed by atoms with E-state index in [9.17, 15) is 0 Å². The van der Waals surface area contributed by atoms with Crippen molar-refractivity contribution in [1.29, 1.82) is 0 Å². The van der Waals surface area contributed by atoms with Crippen LogP contribution in [0, 0.1) is 0 Å². The van der Waals surface area contributed by atoms with E-state index in [2.05, 4.69) is 42.3 Å². The predicted molar refractivity (Wildman–Crippen MR) is 68.4 cm³/mol. The Morgan fingerprint density at radius 2 is 1.88 bits per heavy atom. The minimum atomic E-state index is 1.16. The Labute approximate surface area is 100 Å². The van der Waals surface area contributed by atoms with Crippen molar-refractivity contribution in [3.8, 4) is 0 Å². The third kappa shape index (κ3) is 3.66. The van der Waals surface area contributed by atoms with E-state index in [1.807, 2.05) is 0 Å². The fourth-order valence-electron chi connectivity index (χ4n) is 2.19. The van der Waals surface area contributed by atoms with Crippen molar-refractivity contribution in [2.24, 2.45) is 0 Å². The highest BCUT2D eigenvalue weighted by Crippen LogP contribution is 2.04. The van der Waals surface area contributed by atoms with E-state index in [0.717, 1.165) is 6.54 Å². The van der Waals surface area contributed by atoms with E-state index in [-0.39, 0.29) is 0 Å². The van der Waals surface area contributed by atoms with Gasteiger partial charge in [0.25, 0.3) is 5.82 Å². The van der Waals surface area contributed by atoms with Crippen molar-refractivity contribution >= 4 is 0 Å². The number of aryl methyl sites for hydroxylation is 2. The van der Waals surface area contributed by atoms with Gasteiger partial charge in [-0.2, -0.15) is 0 Å². The second kappa shape index (κ2) is 7.48. The van der Waals surface area contributed by atoms with Crippen molar-refractivity contribution in [3.05, 3.63) is 18.2 Å². The summed E-state index contributed by atoms with van der Waals surface area (Å²) in [6, 6.07) is 0. The molecule has 0 fully saturated rings. The maximum atomic E-state index is 2.45. The van der Waals surface area contributed by atoms with E-state index in [1.165, 1.54) is 50.9 Å². The van der Waals surface area contributed by atoms with Crippen LogP contribution in [0.4, 0.5) is 0 Å². The second-order valence-electron chi connectivity index (χ2n) is 4.56. The molecular weight excluding hydrogens is 196 g/mol. The minimum Gasteiger partial charge on any atom is -0.234 e.